The molecule has 2 N–H and O–H groups in total. The summed E-state index contributed by atoms with van der Waals surface area (Å²) in [6, 6.07) is 8.32. The molecule has 1 saturated heterocycles. The van der Waals surface area contributed by atoms with Gasteiger partial charge >= 0.3 is 0 Å². The lowest BCUT2D eigenvalue weighted by Crippen LogP contribution is -2.39. The number of piperidine rings is 1. The van der Waals surface area contributed by atoms with Gasteiger partial charge in [0.05, 0.1) is 12.0 Å². The van der Waals surface area contributed by atoms with E-state index in [1.54, 1.807) is 0 Å². The van der Waals surface area contributed by atoms with Crippen LogP contribution in [-0.2, 0) is 12.0 Å². The molecule has 23 heavy (non-hydrogen) atoms. The maximum atomic E-state index is 5.99. The number of likely N-dealkylation sites (tertiary alicyclic amines) is 1. The summed E-state index contributed by atoms with van der Waals surface area (Å²) in [6.07, 6.45) is 4.20. The van der Waals surface area contributed by atoms with Gasteiger partial charge in [-0.05, 0) is 43.4 Å². The van der Waals surface area contributed by atoms with Crippen molar-refractivity contribution in [3.05, 3.63) is 46.6 Å². The van der Waals surface area contributed by atoms with Crippen LogP contribution >= 0.6 is 11.6 Å². The molecule has 1 aromatic carbocycles. The van der Waals surface area contributed by atoms with Gasteiger partial charge in [0.25, 0.3) is 0 Å². The Labute approximate surface area is 140 Å². The van der Waals surface area contributed by atoms with E-state index in [9.17, 15) is 0 Å². The minimum Gasteiger partial charge on any atom is -0.338 e. The van der Waals surface area contributed by atoms with E-state index < -0.39 is 0 Å². The maximum Gasteiger partial charge on any atom is 0.240 e. The highest BCUT2D eigenvalue weighted by Gasteiger charge is 2.50. The van der Waals surface area contributed by atoms with Gasteiger partial charge in [0.15, 0.2) is 5.82 Å². The average molecular weight is 333 g/mol. The summed E-state index contributed by atoms with van der Waals surface area (Å²) >= 11 is 5.99. The second-order valence-corrected chi connectivity index (χ2v) is 7.15. The Bertz CT molecular complexity index is 672. The summed E-state index contributed by atoms with van der Waals surface area (Å²) in [4.78, 5) is 7.01. The van der Waals surface area contributed by atoms with Crippen LogP contribution in [0, 0.1) is 0 Å². The first kappa shape index (κ1) is 15.1. The molecule has 0 unspecified atom stereocenters. The summed E-state index contributed by atoms with van der Waals surface area (Å²) < 4.78 is 5.51. The van der Waals surface area contributed by atoms with Crippen LogP contribution in [0.25, 0.3) is 0 Å². The Kier molecular flexibility index (Phi) is 3.87. The molecule has 2 heterocycles. The smallest absolute Gasteiger partial charge is 0.240 e. The van der Waals surface area contributed by atoms with Crippen LogP contribution in [0.3, 0.4) is 0 Å². The van der Waals surface area contributed by atoms with Crippen molar-refractivity contribution in [2.24, 2.45) is 5.73 Å². The molecule has 0 amide bonds. The molecule has 1 aromatic heterocycles. The third-order valence-electron chi connectivity index (χ3n) is 5.03. The first-order chi connectivity index (χ1) is 11.2. The molecule has 6 heteroatoms. The van der Waals surface area contributed by atoms with Gasteiger partial charge in [0.2, 0.25) is 5.89 Å². The first-order valence-electron chi connectivity index (χ1n) is 8.23. The lowest BCUT2D eigenvalue weighted by molar-refractivity contribution is 0.181. The zero-order valence-corrected chi connectivity index (χ0v) is 13.8. The van der Waals surface area contributed by atoms with Crippen molar-refractivity contribution in [2.75, 3.05) is 13.1 Å². The molecule has 0 bridgehead atoms. The van der Waals surface area contributed by atoms with Crippen LogP contribution < -0.4 is 5.73 Å². The third kappa shape index (κ3) is 3.01. The van der Waals surface area contributed by atoms with Gasteiger partial charge in [-0.2, -0.15) is 4.98 Å². The van der Waals surface area contributed by atoms with E-state index in [4.69, 9.17) is 21.9 Å². The largest absolute Gasteiger partial charge is 0.338 e. The summed E-state index contributed by atoms with van der Waals surface area (Å²) in [7, 11) is 0. The molecule has 1 saturated carbocycles. The van der Waals surface area contributed by atoms with Crippen molar-refractivity contribution >= 4 is 11.6 Å². The van der Waals surface area contributed by atoms with Crippen molar-refractivity contribution in [3.8, 4) is 0 Å². The van der Waals surface area contributed by atoms with E-state index in [-0.39, 0.29) is 5.41 Å². The molecule has 0 atom stereocenters. The van der Waals surface area contributed by atoms with Crippen molar-refractivity contribution in [2.45, 2.75) is 43.7 Å². The van der Waals surface area contributed by atoms with Crippen LogP contribution in [0.15, 0.2) is 28.8 Å². The summed E-state index contributed by atoms with van der Waals surface area (Å²) in [5, 5.41) is 5.01. The Balaban J connectivity index is 1.48. The molecule has 2 aliphatic rings. The standard InChI is InChI=1S/C17H21ClN4O/c18-13-3-1-12(2-4-13)17(7-8-17)16-20-15(23-21-16)11-22-9-5-14(19)6-10-22/h1-4,14H,5-11,19H2. The number of nitrogens with two attached hydrogens (primary N) is 1. The van der Waals surface area contributed by atoms with Crippen LogP contribution in [-0.4, -0.2) is 34.2 Å². The van der Waals surface area contributed by atoms with Crippen LogP contribution in [0.4, 0.5) is 0 Å². The van der Waals surface area contributed by atoms with Crippen LogP contribution in [0.2, 0.25) is 5.02 Å². The highest BCUT2D eigenvalue weighted by atomic mass is 35.5. The van der Waals surface area contributed by atoms with Gasteiger partial charge < -0.3 is 10.3 Å². The fraction of sp³-hybridized carbons (Fsp3) is 0.529. The molecular weight excluding hydrogens is 312 g/mol. The number of halogens is 1. The Morgan fingerprint density at radius 1 is 1.22 bits per heavy atom. The highest BCUT2D eigenvalue weighted by molar-refractivity contribution is 6.30. The van der Waals surface area contributed by atoms with E-state index in [2.05, 4.69) is 27.2 Å². The SMILES string of the molecule is NC1CCN(Cc2nc(C3(c4ccc(Cl)cc4)CC3)no2)CC1. The minimum atomic E-state index is -0.0728. The Hall–Kier alpha value is -1.43. The first-order valence-corrected chi connectivity index (χ1v) is 8.61. The van der Waals surface area contributed by atoms with Gasteiger partial charge in [0.1, 0.15) is 0 Å². The fourth-order valence-corrected chi connectivity index (χ4v) is 3.48. The molecule has 122 valence electrons. The number of benzene rings is 1. The second kappa shape index (κ2) is 5.89. The topological polar surface area (TPSA) is 68.2 Å². The minimum absolute atomic E-state index is 0.0728. The summed E-state index contributed by atoms with van der Waals surface area (Å²) in [5.41, 5.74) is 7.10. The molecule has 2 aromatic rings. The molecular formula is C17H21ClN4O. The number of aromatic nitrogens is 2. The molecule has 2 fully saturated rings. The van der Waals surface area contributed by atoms with Gasteiger partial charge in [-0.1, -0.05) is 28.9 Å². The molecule has 0 spiro atoms. The maximum absolute atomic E-state index is 5.99. The second-order valence-electron chi connectivity index (χ2n) is 6.71. The molecule has 1 aliphatic heterocycles. The lowest BCUT2D eigenvalue weighted by atomic mass is 9.95. The van der Waals surface area contributed by atoms with E-state index in [1.807, 2.05) is 12.1 Å². The Morgan fingerprint density at radius 3 is 2.57 bits per heavy atom. The molecule has 4 rings (SSSR count). The van der Waals surface area contributed by atoms with E-state index in [0.717, 1.165) is 56.2 Å². The number of nitrogens with zero attached hydrogens (tertiary/aromatic N) is 3. The van der Waals surface area contributed by atoms with Crippen molar-refractivity contribution in [1.29, 1.82) is 0 Å². The fourth-order valence-electron chi connectivity index (χ4n) is 3.35. The van der Waals surface area contributed by atoms with Gasteiger partial charge in [-0.3, -0.25) is 4.90 Å². The van der Waals surface area contributed by atoms with E-state index in [0.29, 0.717) is 11.9 Å². The van der Waals surface area contributed by atoms with Crippen molar-refractivity contribution in [3.63, 3.8) is 0 Å². The quantitative estimate of drug-likeness (QED) is 0.932. The van der Waals surface area contributed by atoms with Gasteiger partial charge in [-0.15, -0.1) is 0 Å². The normalized spacial score (nSPS) is 21.5. The monoisotopic (exact) mass is 332 g/mol. The number of hydrogen-bond acceptors (Lipinski definition) is 5. The molecule has 0 radical (unpaired) electrons. The third-order valence-corrected chi connectivity index (χ3v) is 5.29. The van der Waals surface area contributed by atoms with Crippen molar-refractivity contribution in [1.82, 2.24) is 15.0 Å². The van der Waals surface area contributed by atoms with E-state index >= 15 is 0 Å². The average Bonchev–Trinajstić information content (AvgIpc) is 3.23. The zero-order chi connectivity index (χ0) is 15.9. The predicted octanol–water partition coefficient (Wildman–Crippen LogP) is 2.73. The van der Waals surface area contributed by atoms with Crippen LogP contribution in [0.5, 0.6) is 0 Å². The lowest BCUT2D eigenvalue weighted by Gasteiger charge is -2.28. The van der Waals surface area contributed by atoms with Gasteiger partial charge in [-0.25, -0.2) is 0 Å². The zero-order valence-electron chi connectivity index (χ0n) is 13.0. The number of hydrogen-bond donors (Lipinski definition) is 1. The van der Waals surface area contributed by atoms with Crippen molar-refractivity contribution < 1.29 is 4.52 Å². The molecule has 1 aliphatic carbocycles. The van der Waals surface area contributed by atoms with Gasteiger partial charge in [0, 0.05) is 24.2 Å². The predicted molar refractivity (Wildman–Crippen MR) is 88.3 cm³/mol. The highest BCUT2D eigenvalue weighted by Crippen LogP contribution is 2.52. The summed E-state index contributed by atoms with van der Waals surface area (Å²) in [5.74, 6) is 1.51. The molecule has 5 nitrogen and oxygen atoms in total. The summed E-state index contributed by atoms with van der Waals surface area (Å²) in [6.45, 7) is 2.72. The number of rotatable bonds is 4. The Morgan fingerprint density at radius 2 is 1.91 bits per heavy atom. The van der Waals surface area contributed by atoms with E-state index in [1.165, 1.54) is 5.56 Å². The van der Waals surface area contributed by atoms with Crippen LogP contribution in [0.1, 0.15) is 43.0 Å².